The van der Waals surface area contributed by atoms with Crippen LogP contribution in [0.5, 0.6) is 0 Å². The number of nitrogen functional groups attached to an aromatic ring is 1. The van der Waals surface area contributed by atoms with E-state index in [1.165, 1.54) is 12.3 Å². The highest BCUT2D eigenvalue weighted by atomic mass is 35.5. The van der Waals surface area contributed by atoms with Crippen LogP contribution in [0, 0.1) is 5.92 Å². The van der Waals surface area contributed by atoms with E-state index in [4.69, 9.17) is 17.3 Å². The molecule has 2 N–H and O–H groups in total. The highest BCUT2D eigenvalue weighted by Gasteiger charge is 2.41. The Hall–Kier alpha value is -0.890. The van der Waals surface area contributed by atoms with Gasteiger partial charge in [-0.15, -0.1) is 0 Å². The number of fused-ring (bicyclic) bond motifs is 1. The topological polar surface area (TPSA) is 79.5 Å². The van der Waals surface area contributed by atoms with E-state index < -0.39 is 10.0 Å². The second kappa shape index (κ2) is 5.96. The number of sulfonamides is 1. The van der Waals surface area contributed by atoms with Crippen molar-refractivity contribution in [3.63, 3.8) is 0 Å². The quantitative estimate of drug-likeness (QED) is 0.877. The second-order valence-corrected chi connectivity index (χ2v) is 8.47. The van der Waals surface area contributed by atoms with Crippen molar-refractivity contribution in [3.8, 4) is 0 Å². The van der Waals surface area contributed by atoms with E-state index in [1.807, 2.05) is 0 Å². The largest absolute Gasteiger partial charge is 0.383 e. The van der Waals surface area contributed by atoms with Gasteiger partial charge in [0.25, 0.3) is 0 Å². The minimum absolute atomic E-state index is 0.0134. The summed E-state index contributed by atoms with van der Waals surface area (Å²) in [4.78, 5) is 6.19. The minimum atomic E-state index is -3.66. The summed E-state index contributed by atoms with van der Waals surface area (Å²) >= 11 is 5.91. The lowest BCUT2D eigenvalue weighted by atomic mass is 9.85. The normalized spacial score (nSPS) is 27.5. The minimum Gasteiger partial charge on any atom is -0.383 e. The molecule has 0 aliphatic carbocycles. The molecule has 2 aliphatic heterocycles. The van der Waals surface area contributed by atoms with Crippen molar-refractivity contribution in [2.45, 2.75) is 30.2 Å². The summed E-state index contributed by atoms with van der Waals surface area (Å²) in [7, 11) is -1.57. The van der Waals surface area contributed by atoms with Gasteiger partial charge < -0.3 is 10.6 Å². The van der Waals surface area contributed by atoms with Gasteiger partial charge in [0.05, 0.1) is 5.02 Å². The van der Waals surface area contributed by atoms with Crippen molar-refractivity contribution in [1.82, 2.24) is 14.2 Å². The van der Waals surface area contributed by atoms with Gasteiger partial charge in [0.15, 0.2) is 0 Å². The summed E-state index contributed by atoms with van der Waals surface area (Å²) in [6, 6.07) is 1.45. The van der Waals surface area contributed by atoms with E-state index in [9.17, 15) is 8.42 Å². The summed E-state index contributed by atoms with van der Waals surface area (Å²) in [6.07, 6.45) is 4.17. The lowest BCUT2D eigenvalue weighted by Crippen LogP contribution is -2.54. The highest BCUT2D eigenvalue weighted by Crippen LogP contribution is 2.35. The van der Waals surface area contributed by atoms with Gasteiger partial charge in [-0.05, 0) is 44.8 Å². The molecule has 0 unspecified atom stereocenters. The number of hydrogen-bond acceptors (Lipinski definition) is 5. The summed E-state index contributed by atoms with van der Waals surface area (Å²) in [5.74, 6) is 0.398. The lowest BCUT2D eigenvalue weighted by molar-refractivity contribution is 0.0820. The molecule has 2 aliphatic rings. The number of rotatable bonds is 2. The third-order valence-corrected chi connectivity index (χ3v) is 6.82. The van der Waals surface area contributed by atoms with Crippen LogP contribution in [0.1, 0.15) is 19.3 Å². The van der Waals surface area contributed by atoms with Gasteiger partial charge >= 0.3 is 0 Å². The monoisotopic (exact) mass is 344 g/mol. The van der Waals surface area contributed by atoms with Crippen molar-refractivity contribution in [2.24, 2.45) is 5.92 Å². The molecule has 8 heteroatoms. The first-order chi connectivity index (χ1) is 10.4. The van der Waals surface area contributed by atoms with Crippen LogP contribution < -0.4 is 5.73 Å². The van der Waals surface area contributed by atoms with E-state index in [0.717, 1.165) is 32.4 Å². The van der Waals surface area contributed by atoms with Crippen molar-refractivity contribution in [1.29, 1.82) is 0 Å². The number of pyridine rings is 1. The van der Waals surface area contributed by atoms with Gasteiger partial charge in [-0.3, -0.25) is 0 Å². The molecule has 2 fully saturated rings. The molecule has 0 aromatic carbocycles. The molecule has 0 saturated carbocycles. The number of likely N-dealkylation sites (tertiary alicyclic amines) is 1. The van der Waals surface area contributed by atoms with Crippen LogP contribution >= 0.6 is 11.6 Å². The highest BCUT2D eigenvalue weighted by molar-refractivity contribution is 7.89. The molecule has 1 aromatic heterocycles. The van der Waals surface area contributed by atoms with Gasteiger partial charge in [0, 0.05) is 25.3 Å². The molecule has 1 aromatic rings. The van der Waals surface area contributed by atoms with Crippen LogP contribution in [0.2, 0.25) is 5.02 Å². The van der Waals surface area contributed by atoms with Crippen LogP contribution in [0.15, 0.2) is 17.2 Å². The fourth-order valence-corrected chi connectivity index (χ4v) is 5.67. The predicted molar refractivity (Wildman–Crippen MR) is 86.2 cm³/mol. The van der Waals surface area contributed by atoms with Gasteiger partial charge in [-0.25, -0.2) is 13.4 Å². The zero-order valence-corrected chi connectivity index (χ0v) is 14.1. The molecular weight excluding hydrogens is 324 g/mol. The summed E-state index contributed by atoms with van der Waals surface area (Å²) in [5.41, 5.74) is 5.79. The molecule has 2 saturated heterocycles. The van der Waals surface area contributed by atoms with Crippen LogP contribution in [0.3, 0.4) is 0 Å². The van der Waals surface area contributed by atoms with Gasteiger partial charge in [0.1, 0.15) is 10.7 Å². The zero-order valence-electron chi connectivity index (χ0n) is 12.6. The molecule has 0 radical (unpaired) electrons. The maximum Gasteiger partial charge on any atom is 0.247 e. The summed E-state index contributed by atoms with van der Waals surface area (Å²) < 4.78 is 27.7. The molecule has 0 bridgehead atoms. The number of nitrogens with zero attached hydrogens (tertiary/aromatic N) is 3. The van der Waals surface area contributed by atoms with Crippen LogP contribution in [0.25, 0.3) is 0 Å². The summed E-state index contributed by atoms with van der Waals surface area (Å²) in [6.45, 7) is 2.40. The molecule has 122 valence electrons. The number of anilines is 1. The molecule has 0 spiro atoms. The predicted octanol–water partition coefficient (Wildman–Crippen LogP) is 1.42. The smallest absolute Gasteiger partial charge is 0.247 e. The number of nitrogens with two attached hydrogens (primary N) is 1. The van der Waals surface area contributed by atoms with Gasteiger partial charge in [0.2, 0.25) is 10.0 Å². The Morgan fingerprint density at radius 1 is 1.36 bits per heavy atom. The van der Waals surface area contributed by atoms with E-state index in [-0.39, 0.29) is 21.8 Å². The van der Waals surface area contributed by atoms with Crippen molar-refractivity contribution >= 4 is 27.4 Å². The second-order valence-electron chi connectivity index (χ2n) is 6.17. The standard InChI is InChI=1S/C14H21ClN4O2S/c1-18-6-4-12-10(9-18)3-2-5-19(12)22(20,21)13-7-11(15)8-17-14(13)16/h7-8,10,12H,2-6,9H2,1H3,(H2,16,17)/t10-,12+/m1/s1. The maximum atomic E-state index is 13.0. The fraction of sp³-hybridized carbons (Fsp3) is 0.643. The average molecular weight is 345 g/mol. The Morgan fingerprint density at radius 3 is 2.91 bits per heavy atom. The number of halogens is 1. The Labute approximate surface area is 136 Å². The van der Waals surface area contributed by atoms with Crippen LogP contribution in [-0.4, -0.2) is 55.3 Å². The van der Waals surface area contributed by atoms with E-state index >= 15 is 0 Å². The van der Waals surface area contributed by atoms with Crippen molar-refractivity contribution in [2.75, 3.05) is 32.4 Å². The fourth-order valence-electron chi connectivity index (χ4n) is 3.60. The van der Waals surface area contributed by atoms with Gasteiger partial charge in [-0.2, -0.15) is 4.31 Å². The van der Waals surface area contributed by atoms with E-state index in [1.54, 1.807) is 4.31 Å². The number of hydrogen-bond donors (Lipinski definition) is 1. The Morgan fingerprint density at radius 2 is 2.14 bits per heavy atom. The molecule has 3 rings (SSSR count). The van der Waals surface area contributed by atoms with E-state index in [2.05, 4.69) is 16.9 Å². The van der Waals surface area contributed by atoms with Crippen LogP contribution in [-0.2, 0) is 10.0 Å². The molecule has 0 amide bonds. The third-order valence-electron chi connectivity index (χ3n) is 4.66. The van der Waals surface area contributed by atoms with Crippen LogP contribution in [0.4, 0.5) is 5.82 Å². The Bertz CT molecular complexity index is 667. The summed E-state index contributed by atoms with van der Waals surface area (Å²) in [5, 5.41) is 0.282. The van der Waals surface area contributed by atoms with E-state index in [0.29, 0.717) is 12.5 Å². The SMILES string of the molecule is CN1CC[C@H]2[C@H](CCCN2S(=O)(=O)c2cc(Cl)cnc2N)C1. The third kappa shape index (κ3) is 2.82. The zero-order chi connectivity index (χ0) is 15.9. The lowest BCUT2D eigenvalue weighted by Gasteiger charge is -2.45. The number of aromatic nitrogens is 1. The molecule has 3 heterocycles. The first kappa shape index (κ1) is 16.0. The molecule has 6 nitrogen and oxygen atoms in total. The van der Waals surface area contributed by atoms with Gasteiger partial charge in [-0.1, -0.05) is 11.6 Å². The average Bonchev–Trinajstić information content (AvgIpc) is 2.48. The Balaban J connectivity index is 1.96. The maximum absolute atomic E-state index is 13.0. The molecular formula is C14H21ClN4O2S. The molecule has 22 heavy (non-hydrogen) atoms. The molecule has 2 atom stereocenters. The number of piperidine rings is 2. The first-order valence-corrected chi connectivity index (χ1v) is 9.33. The first-order valence-electron chi connectivity index (χ1n) is 7.51. The van der Waals surface area contributed by atoms with Crippen molar-refractivity contribution in [3.05, 3.63) is 17.3 Å². The van der Waals surface area contributed by atoms with Crippen molar-refractivity contribution < 1.29 is 8.42 Å². The Kier molecular flexibility index (Phi) is 4.33.